The molecular weight excluding hydrogens is 244 g/mol. The molecule has 0 saturated heterocycles. The van der Waals surface area contributed by atoms with Crippen molar-refractivity contribution in [3.8, 4) is 0 Å². The van der Waals surface area contributed by atoms with Crippen LogP contribution in [0.25, 0.3) is 0 Å². The number of aryl methyl sites for hydroxylation is 1. The molecule has 1 N–H and O–H groups in total. The first kappa shape index (κ1) is 17.0. The molecule has 1 aromatic carbocycles. The van der Waals surface area contributed by atoms with Crippen molar-refractivity contribution in [3.63, 3.8) is 0 Å². The van der Waals surface area contributed by atoms with E-state index in [1.807, 2.05) is 0 Å². The molecule has 0 aromatic heterocycles. The van der Waals surface area contributed by atoms with Gasteiger partial charge in [0.05, 0.1) is 0 Å². The lowest BCUT2D eigenvalue weighted by molar-refractivity contribution is 0.551. The Bertz CT molecular complexity index is 396. The molecule has 0 radical (unpaired) electrons. The van der Waals surface area contributed by atoms with E-state index in [9.17, 15) is 0 Å². The van der Waals surface area contributed by atoms with E-state index in [0.29, 0.717) is 5.92 Å². The molecule has 0 bridgehead atoms. The van der Waals surface area contributed by atoms with Gasteiger partial charge in [0.2, 0.25) is 0 Å². The van der Waals surface area contributed by atoms with Crippen LogP contribution in [0.1, 0.15) is 45.2 Å². The number of nitrogens with zero attached hydrogens (tertiary/aromatic N) is 1. The average Bonchev–Trinajstić information content (AvgIpc) is 2.37. The van der Waals surface area contributed by atoms with E-state index in [1.165, 1.54) is 23.2 Å². The Morgan fingerprint density at radius 1 is 1.10 bits per heavy atom. The minimum Gasteiger partial charge on any atom is -0.375 e. The molecule has 0 spiro atoms. The Morgan fingerprint density at radius 2 is 1.80 bits per heavy atom. The van der Waals surface area contributed by atoms with E-state index >= 15 is 0 Å². The fraction of sp³-hybridized carbons (Fsp3) is 0.667. The third kappa shape index (κ3) is 5.96. The first-order valence-corrected chi connectivity index (χ1v) is 7.91. The largest absolute Gasteiger partial charge is 0.375 e. The molecule has 0 aliphatic heterocycles. The summed E-state index contributed by atoms with van der Waals surface area (Å²) in [7, 11) is 2.19. The summed E-state index contributed by atoms with van der Waals surface area (Å²) in [6.45, 7) is 14.4. The van der Waals surface area contributed by atoms with Gasteiger partial charge in [0.1, 0.15) is 0 Å². The van der Waals surface area contributed by atoms with Gasteiger partial charge in [-0.3, -0.25) is 0 Å². The molecule has 1 rings (SSSR count). The highest BCUT2D eigenvalue weighted by molar-refractivity contribution is 5.50. The first-order valence-electron chi connectivity index (χ1n) is 7.91. The fourth-order valence-corrected chi connectivity index (χ4v) is 2.19. The van der Waals surface area contributed by atoms with Crippen molar-refractivity contribution in [2.45, 2.75) is 47.6 Å². The predicted molar refractivity (Wildman–Crippen MR) is 90.4 cm³/mol. The standard InChI is InChI=1S/C18H32N2/c1-14(2)9-10-20(6)18-8-7-17(16(5)11-18)13-19-12-15(3)4/h7-8,11,14-15,19H,9-10,12-13H2,1-6H3. The molecule has 0 aliphatic carbocycles. The first-order chi connectivity index (χ1) is 9.40. The zero-order valence-electron chi connectivity index (χ0n) is 14.2. The van der Waals surface area contributed by atoms with E-state index in [1.54, 1.807) is 0 Å². The SMILES string of the molecule is Cc1cc(N(C)CCC(C)C)ccc1CNCC(C)C. The van der Waals surface area contributed by atoms with E-state index < -0.39 is 0 Å². The number of benzene rings is 1. The molecule has 0 heterocycles. The van der Waals surface area contributed by atoms with Crippen LogP contribution in [0.3, 0.4) is 0 Å². The smallest absolute Gasteiger partial charge is 0.0366 e. The highest BCUT2D eigenvalue weighted by atomic mass is 15.1. The van der Waals surface area contributed by atoms with Gasteiger partial charge in [0, 0.05) is 25.8 Å². The van der Waals surface area contributed by atoms with Crippen molar-refractivity contribution in [3.05, 3.63) is 29.3 Å². The minimum absolute atomic E-state index is 0.705. The maximum Gasteiger partial charge on any atom is 0.0366 e. The second kappa shape index (κ2) is 8.31. The van der Waals surface area contributed by atoms with Crippen LogP contribution in [-0.2, 0) is 6.54 Å². The second-order valence-electron chi connectivity index (χ2n) is 6.74. The fourth-order valence-electron chi connectivity index (χ4n) is 2.19. The third-order valence-corrected chi connectivity index (χ3v) is 3.68. The maximum atomic E-state index is 3.52. The summed E-state index contributed by atoms with van der Waals surface area (Å²) >= 11 is 0. The summed E-state index contributed by atoms with van der Waals surface area (Å²) in [6.07, 6.45) is 1.24. The number of hydrogen-bond acceptors (Lipinski definition) is 2. The Morgan fingerprint density at radius 3 is 2.35 bits per heavy atom. The Kier molecular flexibility index (Phi) is 7.08. The predicted octanol–water partition coefficient (Wildman–Crippen LogP) is 4.22. The van der Waals surface area contributed by atoms with Crippen LogP contribution in [0.2, 0.25) is 0 Å². The lowest BCUT2D eigenvalue weighted by Gasteiger charge is -2.22. The molecule has 0 aliphatic rings. The lowest BCUT2D eigenvalue weighted by atomic mass is 10.1. The van der Waals surface area contributed by atoms with Crippen molar-refractivity contribution in [2.24, 2.45) is 11.8 Å². The van der Waals surface area contributed by atoms with Crippen LogP contribution < -0.4 is 10.2 Å². The third-order valence-electron chi connectivity index (χ3n) is 3.68. The van der Waals surface area contributed by atoms with Crippen molar-refractivity contribution < 1.29 is 0 Å². The van der Waals surface area contributed by atoms with Crippen LogP contribution >= 0.6 is 0 Å². The van der Waals surface area contributed by atoms with E-state index in [2.05, 4.69) is 70.1 Å². The van der Waals surface area contributed by atoms with Crippen LogP contribution in [0.4, 0.5) is 5.69 Å². The monoisotopic (exact) mass is 276 g/mol. The quantitative estimate of drug-likeness (QED) is 0.764. The molecule has 0 atom stereocenters. The number of nitrogens with one attached hydrogen (secondary N) is 1. The molecule has 0 fully saturated rings. The van der Waals surface area contributed by atoms with Crippen molar-refractivity contribution in [2.75, 3.05) is 25.0 Å². The lowest BCUT2D eigenvalue weighted by Crippen LogP contribution is -2.21. The van der Waals surface area contributed by atoms with Crippen molar-refractivity contribution in [1.29, 1.82) is 0 Å². The molecule has 0 unspecified atom stereocenters. The van der Waals surface area contributed by atoms with Gasteiger partial charge < -0.3 is 10.2 Å². The molecule has 2 heteroatoms. The van der Waals surface area contributed by atoms with Gasteiger partial charge in [0.25, 0.3) is 0 Å². The summed E-state index contributed by atoms with van der Waals surface area (Å²) in [6, 6.07) is 6.83. The zero-order chi connectivity index (χ0) is 15.1. The number of anilines is 1. The van der Waals surface area contributed by atoms with E-state index in [-0.39, 0.29) is 0 Å². The Hall–Kier alpha value is -1.02. The summed E-state index contributed by atoms with van der Waals surface area (Å²) in [5.41, 5.74) is 4.12. The molecular formula is C18H32N2. The Balaban J connectivity index is 2.58. The van der Waals surface area contributed by atoms with Crippen LogP contribution in [0, 0.1) is 18.8 Å². The van der Waals surface area contributed by atoms with Gasteiger partial charge in [-0.05, 0) is 55.0 Å². The van der Waals surface area contributed by atoms with Gasteiger partial charge in [0.15, 0.2) is 0 Å². The molecule has 0 saturated carbocycles. The number of rotatable bonds is 8. The summed E-state index contributed by atoms with van der Waals surface area (Å²) < 4.78 is 0. The average molecular weight is 276 g/mol. The van der Waals surface area contributed by atoms with Crippen molar-refractivity contribution in [1.82, 2.24) is 5.32 Å². The van der Waals surface area contributed by atoms with E-state index in [0.717, 1.165) is 25.6 Å². The molecule has 1 aromatic rings. The van der Waals surface area contributed by atoms with Crippen molar-refractivity contribution >= 4 is 5.69 Å². The molecule has 0 amide bonds. The van der Waals surface area contributed by atoms with Gasteiger partial charge in [-0.25, -0.2) is 0 Å². The number of hydrogen-bond donors (Lipinski definition) is 1. The molecule has 114 valence electrons. The normalized spacial score (nSPS) is 11.4. The summed E-state index contributed by atoms with van der Waals surface area (Å²) in [4.78, 5) is 2.36. The topological polar surface area (TPSA) is 15.3 Å². The zero-order valence-corrected chi connectivity index (χ0v) is 14.2. The molecule has 20 heavy (non-hydrogen) atoms. The van der Waals surface area contributed by atoms with Crippen LogP contribution in [0.5, 0.6) is 0 Å². The van der Waals surface area contributed by atoms with Crippen LogP contribution in [-0.4, -0.2) is 20.1 Å². The van der Waals surface area contributed by atoms with Gasteiger partial charge in [-0.2, -0.15) is 0 Å². The highest BCUT2D eigenvalue weighted by Crippen LogP contribution is 2.19. The highest BCUT2D eigenvalue weighted by Gasteiger charge is 2.05. The summed E-state index contributed by atoms with van der Waals surface area (Å²) in [5, 5.41) is 3.52. The van der Waals surface area contributed by atoms with Gasteiger partial charge in [-0.1, -0.05) is 33.8 Å². The van der Waals surface area contributed by atoms with Gasteiger partial charge in [-0.15, -0.1) is 0 Å². The Labute approximate surface area is 125 Å². The van der Waals surface area contributed by atoms with E-state index in [4.69, 9.17) is 0 Å². The molecule has 2 nitrogen and oxygen atoms in total. The van der Waals surface area contributed by atoms with Crippen LogP contribution in [0.15, 0.2) is 18.2 Å². The second-order valence-corrected chi connectivity index (χ2v) is 6.74. The summed E-state index contributed by atoms with van der Waals surface area (Å²) in [5.74, 6) is 1.47. The minimum atomic E-state index is 0.705. The maximum absolute atomic E-state index is 3.52. The van der Waals surface area contributed by atoms with Gasteiger partial charge >= 0.3 is 0 Å².